The van der Waals surface area contributed by atoms with Crippen LogP contribution in [0.2, 0.25) is 0 Å². The minimum absolute atomic E-state index is 0. The largest absolute Gasteiger partial charge is 0.379 e. The van der Waals surface area contributed by atoms with Crippen molar-refractivity contribution in [3.8, 4) is 0 Å². The van der Waals surface area contributed by atoms with E-state index in [9.17, 15) is 0 Å². The second kappa shape index (κ2) is 13.3. The Balaban J connectivity index is 0.00000364. The first kappa shape index (κ1) is 24.2. The quantitative estimate of drug-likeness (QED) is 0.228. The lowest BCUT2D eigenvalue weighted by atomic mass is 9.85. The summed E-state index contributed by atoms with van der Waals surface area (Å²) in [5.41, 5.74) is 1.32. The highest BCUT2D eigenvalue weighted by Gasteiger charge is 2.20. The summed E-state index contributed by atoms with van der Waals surface area (Å²) >= 11 is 0. The fourth-order valence-corrected chi connectivity index (χ4v) is 2.97. The van der Waals surface area contributed by atoms with Crippen molar-refractivity contribution in [1.82, 2.24) is 10.6 Å². The fraction of sp³-hybridized carbons (Fsp3) is 0.667. The molecule has 1 fully saturated rings. The van der Waals surface area contributed by atoms with E-state index in [-0.39, 0.29) is 29.4 Å². The van der Waals surface area contributed by atoms with Gasteiger partial charge < -0.3 is 20.1 Å². The molecular weight excluding hydrogens is 453 g/mol. The average Bonchev–Trinajstić information content (AvgIpc) is 3.16. The Hall–Kier alpha value is -0.860. The number of ether oxygens (including phenoxy) is 2. The molecular formula is C21H36IN3O2. The number of rotatable bonds is 10. The van der Waals surface area contributed by atoms with Crippen LogP contribution >= 0.6 is 24.0 Å². The molecule has 0 aromatic heterocycles. The molecule has 0 radical (unpaired) electrons. The maximum Gasteiger partial charge on any atom is 0.191 e. The summed E-state index contributed by atoms with van der Waals surface area (Å²) < 4.78 is 11.3. The smallest absolute Gasteiger partial charge is 0.191 e. The first-order valence-corrected chi connectivity index (χ1v) is 9.89. The molecule has 5 nitrogen and oxygen atoms in total. The number of guanidine groups is 1. The number of hydrogen-bond donors (Lipinski definition) is 2. The van der Waals surface area contributed by atoms with Crippen LogP contribution in [0.15, 0.2) is 35.3 Å². The molecule has 27 heavy (non-hydrogen) atoms. The third-order valence-corrected chi connectivity index (χ3v) is 4.62. The zero-order valence-corrected chi connectivity index (χ0v) is 19.3. The Morgan fingerprint density at radius 2 is 2.04 bits per heavy atom. The van der Waals surface area contributed by atoms with Gasteiger partial charge in [0.1, 0.15) is 0 Å². The normalized spacial score (nSPS) is 17.4. The number of halogens is 1. The molecule has 0 bridgehead atoms. The summed E-state index contributed by atoms with van der Waals surface area (Å²) in [6.45, 7) is 11.4. The molecule has 2 N–H and O–H groups in total. The maximum absolute atomic E-state index is 5.71. The molecule has 1 saturated heterocycles. The second-order valence-corrected chi connectivity index (χ2v) is 7.44. The molecule has 1 unspecified atom stereocenters. The first-order chi connectivity index (χ1) is 12.6. The van der Waals surface area contributed by atoms with Crippen LogP contribution < -0.4 is 10.6 Å². The van der Waals surface area contributed by atoms with Gasteiger partial charge in [-0.15, -0.1) is 24.0 Å². The fourth-order valence-electron chi connectivity index (χ4n) is 2.97. The SMILES string of the molecule is CCNC(=NCC(C)(C)c1ccccc1)NCCCOCC1CCCO1.I. The highest BCUT2D eigenvalue weighted by molar-refractivity contribution is 14.0. The number of nitrogens with one attached hydrogen (secondary N) is 2. The van der Waals surface area contributed by atoms with Gasteiger partial charge in [-0.2, -0.15) is 0 Å². The van der Waals surface area contributed by atoms with E-state index < -0.39 is 0 Å². The van der Waals surface area contributed by atoms with Crippen LogP contribution in [0, 0.1) is 0 Å². The van der Waals surface area contributed by atoms with Gasteiger partial charge in [-0.1, -0.05) is 44.2 Å². The standard InChI is InChI=1S/C21H35N3O2.HI/c1-4-22-20(23-13-9-14-25-16-19-12-8-15-26-19)24-17-21(2,3)18-10-6-5-7-11-18;/h5-7,10-11,19H,4,8-9,12-17H2,1-3H3,(H2,22,23,24);1H. The molecule has 1 aliphatic rings. The first-order valence-electron chi connectivity index (χ1n) is 9.89. The van der Waals surface area contributed by atoms with Gasteiger partial charge in [0.15, 0.2) is 5.96 Å². The van der Waals surface area contributed by atoms with Gasteiger partial charge in [-0.25, -0.2) is 0 Å². The summed E-state index contributed by atoms with van der Waals surface area (Å²) in [7, 11) is 0. The summed E-state index contributed by atoms with van der Waals surface area (Å²) in [6.07, 6.45) is 3.56. The van der Waals surface area contributed by atoms with E-state index in [1.54, 1.807) is 0 Å². The van der Waals surface area contributed by atoms with Gasteiger partial charge >= 0.3 is 0 Å². The van der Waals surface area contributed by atoms with Crippen molar-refractivity contribution in [2.24, 2.45) is 4.99 Å². The lowest BCUT2D eigenvalue weighted by molar-refractivity contribution is 0.0168. The van der Waals surface area contributed by atoms with E-state index in [1.807, 2.05) is 0 Å². The Bertz CT molecular complexity index is 531. The van der Waals surface area contributed by atoms with E-state index in [4.69, 9.17) is 14.5 Å². The van der Waals surface area contributed by atoms with Crippen molar-refractivity contribution in [2.45, 2.75) is 51.6 Å². The van der Waals surface area contributed by atoms with Crippen molar-refractivity contribution in [1.29, 1.82) is 0 Å². The molecule has 0 aliphatic carbocycles. The van der Waals surface area contributed by atoms with Crippen LogP contribution in [0.4, 0.5) is 0 Å². The molecule has 1 atom stereocenters. The third-order valence-electron chi connectivity index (χ3n) is 4.62. The minimum Gasteiger partial charge on any atom is -0.379 e. The highest BCUT2D eigenvalue weighted by Crippen LogP contribution is 2.22. The Kier molecular flexibility index (Phi) is 11.9. The van der Waals surface area contributed by atoms with Gasteiger partial charge in [-0.3, -0.25) is 4.99 Å². The number of hydrogen-bond acceptors (Lipinski definition) is 3. The molecule has 1 heterocycles. The van der Waals surface area contributed by atoms with Crippen molar-refractivity contribution < 1.29 is 9.47 Å². The lowest BCUT2D eigenvalue weighted by Gasteiger charge is -2.24. The average molecular weight is 489 g/mol. The predicted octanol–water partition coefficient (Wildman–Crippen LogP) is 3.72. The van der Waals surface area contributed by atoms with Crippen LogP contribution in [0.3, 0.4) is 0 Å². The summed E-state index contributed by atoms with van der Waals surface area (Å²) in [6, 6.07) is 10.6. The van der Waals surface area contributed by atoms with Crippen LogP contribution in [-0.2, 0) is 14.9 Å². The van der Waals surface area contributed by atoms with Gasteiger partial charge in [0.05, 0.1) is 19.3 Å². The molecule has 1 aliphatic heterocycles. The topological polar surface area (TPSA) is 54.9 Å². The van der Waals surface area contributed by atoms with Crippen molar-refractivity contribution in [3.63, 3.8) is 0 Å². The number of benzene rings is 1. The number of nitrogens with zero attached hydrogens (tertiary/aromatic N) is 1. The van der Waals surface area contributed by atoms with E-state index in [2.05, 4.69) is 61.7 Å². The van der Waals surface area contributed by atoms with Gasteiger partial charge in [-0.05, 0) is 31.7 Å². The molecule has 2 rings (SSSR count). The predicted molar refractivity (Wildman–Crippen MR) is 123 cm³/mol. The van der Waals surface area contributed by atoms with Crippen LogP contribution in [-0.4, -0.2) is 51.5 Å². The van der Waals surface area contributed by atoms with Crippen molar-refractivity contribution >= 4 is 29.9 Å². The van der Waals surface area contributed by atoms with E-state index in [1.165, 1.54) is 5.56 Å². The number of aliphatic imine (C=N–C) groups is 1. The summed E-state index contributed by atoms with van der Waals surface area (Å²) in [5.74, 6) is 0.871. The van der Waals surface area contributed by atoms with Gasteiger partial charge in [0, 0.05) is 31.7 Å². The minimum atomic E-state index is 0. The monoisotopic (exact) mass is 489 g/mol. The van der Waals surface area contributed by atoms with Crippen LogP contribution in [0.25, 0.3) is 0 Å². The molecule has 0 saturated carbocycles. The van der Waals surface area contributed by atoms with Gasteiger partial charge in [0.25, 0.3) is 0 Å². The van der Waals surface area contributed by atoms with Gasteiger partial charge in [0.2, 0.25) is 0 Å². The van der Waals surface area contributed by atoms with E-state index >= 15 is 0 Å². The third kappa shape index (κ3) is 9.25. The summed E-state index contributed by atoms with van der Waals surface area (Å²) in [5, 5.41) is 6.72. The van der Waals surface area contributed by atoms with Crippen molar-refractivity contribution in [2.75, 3.05) is 39.5 Å². The molecule has 154 valence electrons. The second-order valence-electron chi connectivity index (χ2n) is 7.44. The van der Waals surface area contributed by atoms with E-state index in [0.717, 1.165) is 64.7 Å². The van der Waals surface area contributed by atoms with Crippen LogP contribution in [0.5, 0.6) is 0 Å². The van der Waals surface area contributed by atoms with Crippen molar-refractivity contribution in [3.05, 3.63) is 35.9 Å². The molecule has 1 aromatic carbocycles. The zero-order valence-electron chi connectivity index (χ0n) is 17.0. The molecule has 1 aromatic rings. The Labute approximate surface area is 181 Å². The maximum atomic E-state index is 5.71. The highest BCUT2D eigenvalue weighted by atomic mass is 127. The Morgan fingerprint density at radius 1 is 1.26 bits per heavy atom. The zero-order chi connectivity index (χ0) is 18.7. The Morgan fingerprint density at radius 3 is 2.70 bits per heavy atom. The molecule has 0 spiro atoms. The summed E-state index contributed by atoms with van der Waals surface area (Å²) in [4.78, 5) is 4.78. The van der Waals surface area contributed by atoms with Crippen LogP contribution in [0.1, 0.15) is 45.6 Å². The van der Waals surface area contributed by atoms with E-state index in [0.29, 0.717) is 6.10 Å². The lowest BCUT2D eigenvalue weighted by Crippen LogP contribution is -2.39. The molecule has 0 amide bonds. The molecule has 6 heteroatoms.